The Morgan fingerprint density at radius 2 is 2.15 bits per heavy atom. The highest BCUT2D eigenvalue weighted by atomic mass is 16.5. The average molecular weight is 185 g/mol. The van der Waals surface area contributed by atoms with Crippen molar-refractivity contribution in [2.24, 2.45) is 5.92 Å². The molecule has 0 aromatic heterocycles. The molecule has 0 saturated carbocycles. The van der Waals surface area contributed by atoms with E-state index in [2.05, 4.69) is 11.8 Å². The SMILES string of the molecule is CC1CCC(CN2CC(CO)C2)O1. The van der Waals surface area contributed by atoms with Gasteiger partial charge in [-0.15, -0.1) is 0 Å². The Bertz CT molecular complexity index is 168. The number of hydrogen-bond acceptors (Lipinski definition) is 3. The van der Waals surface area contributed by atoms with Gasteiger partial charge in [0.05, 0.1) is 12.2 Å². The molecule has 0 radical (unpaired) electrons. The maximum Gasteiger partial charge on any atom is 0.0706 e. The van der Waals surface area contributed by atoms with Crippen LogP contribution in [0.2, 0.25) is 0 Å². The van der Waals surface area contributed by atoms with E-state index in [0.29, 0.717) is 24.7 Å². The molecule has 2 rings (SSSR count). The van der Waals surface area contributed by atoms with Crippen molar-refractivity contribution in [1.82, 2.24) is 4.90 Å². The molecule has 1 N–H and O–H groups in total. The van der Waals surface area contributed by atoms with Crippen LogP contribution in [0.15, 0.2) is 0 Å². The van der Waals surface area contributed by atoms with Gasteiger partial charge >= 0.3 is 0 Å². The van der Waals surface area contributed by atoms with Crippen LogP contribution in [-0.4, -0.2) is 48.5 Å². The second-order valence-electron chi connectivity index (χ2n) is 4.41. The summed E-state index contributed by atoms with van der Waals surface area (Å²) in [4.78, 5) is 2.38. The van der Waals surface area contributed by atoms with Crippen molar-refractivity contribution in [3.05, 3.63) is 0 Å². The van der Waals surface area contributed by atoms with Crippen LogP contribution in [0.4, 0.5) is 0 Å². The highest BCUT2D eigenvalue weighted by molar-refractivity contribution is 4.83. The number of ether oxygens (including phenoxy) is 1. The number of aliphatic hydroxyl groups excluding tert-OH is 1. The first-order valence-electron chi connectivity index (χ1n) is 5.26. The minimum atomic E-state index is 0.346. The lowest BCUT2D eigenvalue weighted by molar-refractivity contribution is -0.0119. The molecule has 2 aliphatic rings. The van der Waals surface area contributed by atoms with E-state index in [1.807, 2.05) is 0 Å². The summed E-state index contributed by atoms with van der Waals surface area (Å²) in [7, 11) is 0. The lowest BCUT2D eigenvalue weighted by Crippen LogP contribution is -2.50. The van der Waals surface area contributed by atoms with Crippen molar-refractivity contribution in [2.45, 2.75) is 32.0 Å². The normalized spacial score (nSPS) is 36.5. The first-order chi connectivity index (χ1) is 6.28. The third-order valence-electron chi connectivity index (χ3n) is 3.07. The summed E-state index contributed by atoms with van der Waals surface area (Å²) in [6.07, 6.45) is 3.33. The van der Waals surface area contributed by atoms with Gasteiger partial charge in [-0.3, -0.25) is 4.90 Å². The molecule has 2 heterocycles. The molecule has 0 aromatic carbocycles. The zero-order chi connectivity index (χ0) is 9.26. The minimum absolute atomic E-state index is 0.346. The topological polar surface area (TPSA) is 32.7 Å². The predicted octanol–water partition coefficient (Wildman–Crippen LogP) is 0.478. The lowest BCUT2D eigenvalue weighted by atomic mass is 10.0. The molecule has 0 aromatic rings. The summed E-state index contributed by atoms with van der Waals surface area (Å²) in [5.41, 5.74) is 0. The van der Waals surface area contributed by atoms with Crippen molar-refractivity contribution >= 4 is 0 Å². The van der Waals surface area contributed by atoms with E-state index in [1.54, 1.807) is 0 Å². The van der Waals surface area contributed by atoms with E-state index in [-0.39, 0.29) is 0 Å². The first-order valence-corrected chi connectivity index (χ1v) is 5.26. The van der Waals surface area contributed by atoms with Crippen LogP contribution in [0.5, 0.6) is 0 Å². The summed E-state index contributed by atoms with van der Waals surface area (Å²) in [6, 6.07) is 0. The number of rotatable bonds is 3. The number of nitrogens with zero attached hydrogens (tertiary/aromatic N) is 1. The molecule has 3 nitrogen and oxygen atoms in total. The second kappa shape index (κ2) is 3.95. The molecule has 2 fully saturated rings. The fraction of sp³-hybridized carbons (Fsp3) is 1.00. The molecular weight excluding hydrogens is 166 g/mol. The van der Waals surface area contributed by atoms with Crippen LogP contribution >= 0.6 is 0 Å². The summed E-state index contributed by atoms with van der Waals surface area (Å²) < 4.78 is 5.73. The Balaban J connectivity index is 1.64. The van der Waals surface area contributed by atoms with E-state index in [1.165, 1.54) is 12.8 Å². The third kappa shape index (κ3) is 2.22. The maximum atomic E-state index is 8.85. The van der Waals surface area contributed by atoms with Crippen LogP contribution in [0, 0.1) is 5.92 Å². The van der Waals surface area contributed by atoms with E-state index >= 15 is 0 Å². The molecule has 76 valence electrons. The van der Waals surface area contributed by atoms with Gasteiger partial charge in [0.15, 0.2) is 0 Å². The van der Waals surface area contributed by atoms with E-state index in [4.69, 9.17) is 9.84 Å². The van der Waals surface area contributed by atoms with E-state index in [9.17, 15) is 0 Å². The molecule has 2 aliphatic heterocycles. The molecule has 13 heavy (non-hydrogen) atoms. The molecule has 2 saturated heterocycles. The van der Waals surface area contributed by atoms with Gasteiger partial charge in [-0.25, -0.2) is 0 Å². The predicted molar refractivity (Wildman–Crippen MR) is 50.6 cm³/mol. The van der Waals surface area contributed by atoms with Gasteiger partial charge in [0.2, 0.25) is 0 Å². The molecule has 0 bridgehead atoms. The van der Waals surface area contributed by atoms with Gasteiger partial charge in [0.25, 0.3) is 0 Å². The van der Waals surface area contributed by atoms with Crippen LogP contribution in [0.3, 0.4) is 0 Å². The molecule has 2 unspecified atom stereocenters. The highest BCUT2D eigenvalue weighted by Gasteiger charge is 2.30. The largest absolute Gasteiger partial charge is 0.396 e. The molecular formula is C10H19NO2. The highest BCUT2D eigenvalue weighted by Crippen LogP contribution is 2.23. The van der Waals surface area contributed by atoms with Gasteiger partial charge in [0.1, 0.15) is 0 Å². The zero-order valence-electron chi connectivity index (χ0n) is 8.28. The van der Waals surface area contributed by atoms with Gasteiger partial charge in [-0.2, -0.15) is 0 Å². The van der Waals surface area contributed by atoms with E-state index < -0.39 is 0 Å². The van der Waals surface area contributed by atoms with Crippen LogP contribution in [-0.2, 0) is 4.74 Å². The summed E-state index contributed by atoms with van der Waals surface area (Å²) in [5, 5.41) is 8.85. The monoisotopic (exact) mass is 185 g/mol. The first kappa shape index (κ1) is 9.44. The average Bonchev–Trinajstić information content (AvgIpc) is 2.43. The van der Waals surface area contributed by atoms with Crippen LogP contribution < -0.4 is 0 Å². The minimum Gasteiger partial charge on any atom is -0.396 e. The van der Waals surface area contributed by atoms with Crippen molar-refractivity contribution in [1.29, 1.82) is 0 Å². The van der Waals surface area contributed by atoms with Gasteiger partial charge in [0, 0.05) is 32.2 Å². The molecule has 3 heteroatoms. The van der Waals surface area contributed by atoms with Crippen molar-refractivity contribution in [2.75, 3.05) is 26.2 Å². The number of aliphatic hydroxyl groups is 1. The van der Waals surface area contributed by atoms with Crippen LogP contribution in [0.25, 0.3) is 0 Å². The Kier molecular flexibility index (Phi) is 2.86. The molecule has 2 atom stereocenters. The van der Waals surface area contributed by atoms with Crippen molar-refractivity contribution in [3.63, 3.8) is 0 Å². The van der Waals surface area contributed by atoms with Crippen molar-refractivity contribution in [3.8, 4) is 0 Å². The fourth-order valence-corrected chi connectivity index (χ4v) is 2.25. The third-order valence-corrected chi connectivity index (χ3v) is 3.07. The second-order valence-corrected chi connectivity index (χ2v) is 4.41. The smallest absolute Gasteiger partial charge is 0.0706 e. The van der Waals surface area contributed by atoms with Crippen LogP contribution in [0.1, 0.15) is 19.8 Å². The Hall–Kier alpha value is -0.120. The maximum absolute atomic E-state index is 8.85. The summed E-state index contributed by atoms with van der Waals surface area (Å²) >= 11 is 0. The summed E-state index contributed by atoms with van der Waals surface area (Å²) in [5.74, 6) is 0.527. The lowest BCUT2D eigenvalue weighted by Gasteiger charge is -2.39. The van der Waals surface area contributed by atoms with Gasteiger partial charge in [-0.05, 0) is 19.8 Å². The zero-order valence-corrected chi connectivity index (χ0v) is 8.28. The van der Waals surface area contributed by atoms with E-state index in [0.717, 1.165) is 19.6 Å². The molecule has 0 amide bonds. The standard InChI is InChI=1S/C10H19NO2/c1-8-2-3-10(13-8)6-11-4-9(5-11)7-12/h8-10,12H,2-7H2,1H3. The van der Waals surface area contributed by atoms with Gasteiger partial charge < -0.3 is 9.84 Å². The summed E-state index contributed by atoms with van der Waals surface area (Å²) in [6.45, 7) is 5.68. The Morgan fingerprint density at radius 1 is 1.38 bits per heavy atom. The van der Waals surface area contributed by atoms with Gasteiger partial charge in [-0.1, -0.05) is 0 Å². The molecule has 0 spiro atoms. The number of hydrogen-bond donors (Lipinski definition) is 1. The quantitative estimate of drug-likeness (QED) is 0.694. The molecule has 0 aliphatic carbocycles. The Morgan fingerprint density at radius 3 is 2.69 bits per heavy atom. The fourth-order valence-electron chi connectivity index (χ4n) is 2.25. The Labute approximate surface area is 79.7 Å². The number of likely N-dealkylation sites (tertiary alicyclic amines) is 1. The van der Waals surface area contributed by atoms with Crippen molar-refractivity contribution < 1.29 is 9.84 Å².